The summed E-state index contributed by atoms with van der Waals surface area (Å²) in [5.41, 5.74) is 2.59. The van der Waals surface area contributed by atoms with Crippen LogP contribution in [0.1, 0.15) is 29.8 Å². The van der Waals surface area contributed by atoms with Crippen LogP contribution in [0.25, 0.3) is 5.57 Å². The number of rotatable bonds is 3. The number of Topliss-reactive ketones (excluding diaryl/α,β-unsaturated/α-hetero) is 1. The molecule has 2 aromatic rings. The molecule has 0 unspecified atom stereocenters. The van der Waals surface area contributed by atoms with Gasteiger partial charge in [-0.2, -0.15) is 0 Å². The zero-order valence-electron chi connectivity index (χ0n) is 13.6. The molecule has 126 valence electrons. The minimum Gasteiger partial charge on any atom is -0.295 e. The molecule has 2 aromatic carbocycles. The summed E-state index contributed by atoms with van der Waals surface area (Å²) >= 11 is 6.57. The van der Waals surface area contributed by atoms with Gasteiger partial charge in [-0.15, -0.1) is 0 Å². The van der Waals surface area contributed by atoms with Gasteiger partial charge < -0.3 is 0 Å². The highest BCUT2D eigenvalue weighted by atomic mass is 32.2. The van der Waals surface area contributed by atoms with Crippen molar-refractivity contribution in [3.8, 4) is 0 Å². The molecule has 3 rings (SSSR count). The molecule has 6 heteroatoms. The Kier molecular flexibility index (Phi) is 4.83. The van der Waals surface area contributed by atoms with E-state index in [1.807, 2.05) is 6.92 Å². The molecule has 0 saturated carbocycles. The third kappa shape index (κ3) is 3.41. The highest BCUT2D eigenvalue weighted by molar-refractivity contribution is 8.27. The Balaban J connectivity index is 2.00. The third-order valence-electron chi connectivity index (χ3n) is 3.90. The molecular formula is C19H14FNO2S2. The first-order valence-corrected chi connectivity index (χ1v) is 8.75. The molecule has 0 bridgehead atoms. The normalized spacial score (nSPS) is 16.4. The van der Waals surface area contributed by atoms with E-state index in [1.165, 1.54) is 35.7 Å². The van der Waals surface area contributed by atoms with E-state index in [1.54, 1.807) is 36.4 Å². The first-order chi connectivity index (χ1) is 11.9. The number of benzene rings is 2. The summed E-state index contributed by atoms with van der Waals surface area (Å²) in [6, 6.07) is 12.8. The molecular weight excluding hydrogens is 357 g/mol. The molecule has 1 aliphatic rings. The van der Waals surface area contributed by atoms with Crippen LogP contribution >= 0.6 is 24.0 Å². The van der Waals surface area contributed by atoms with Crippen molar-refractivity contribution in [3.05, 3.63) is 70.4 Å². The second kappa shape index (κ2) is 6.90. The molecule has 0 spiro atoms. The topological polar surface area (TPSA) is 37.4 Å². The second-order valence-electron chi connectivity index (χ2n) is 5.58. The number of anilines is 1. The molecule has 25 heavy (non-hydrogen) atoms. The Morgan fingerprint density at radius 3 is 2.40 bits per heavy atom. The molecule has 0 aromatic heterocycles. The van der Waals surface area contributed by atoms with Crippen molar-refractivity contribution in [2.75, 3.05) is 4.90 Å². The lowest BCUT2D eigenvalue weighted by atomic mass is 10.1. The molecule has 1 aliphatic heterocycles. The van der Waals surface area contributed by atoms with Crippen LogP contribution < -0.4 is 4.90 Å². The van der Waals surface area contributed by atoms with E-state index in [2.05, 4.69) is 0 Å². The Labute approximate surface area is 154 Å². The maximum atomic E-state index is 13.1. The fraction of sp³-hybridized carbons (Fsp3) is 0.105. The second-order valence-corrected chi connectivity index (χ2v) is 7.22. The van der Waals surface area contributed by atoms with E-state index in [0.717, 1.165) is 11.1 Å². The lowest BCUT2D eigenvalue weighted by Gasteiger charge is -2.15. The van der Waals surface area contributed by atoms with Crippen LogP contribution in [0.15, 0.2) is 53.4 Å². The summed E-state index contributed by atoms with van der Waals surface area (Å²) in [5.74, 6) is -0.645. The van der Waals surface area contributed by atoms with Gasteiger partial charge in [0.15, 0.2) is 10.1 Å². The molecule has 0 N–H and O–H groups in total. The average Bonchev–Trinajstić information content (AvgIpc) is 2.89. The van der Waals surface area contributed by atoms with Gasteiger partial charge in [-0.1, -0.05) is 48.2 Å². The van der Waals surface area contributed by atoms with Crippen LogP contribution in [0.3, 0.4) is 0 Å². The van der Waals surface area contributed by atoms with Gasteiger partial charge in [0.05, 0.1) is 10.6 Å². The predicted octanol–water partition coefficient (Wildman–Crippen LogP) is 4.82. The monoisotopic (exact) mass is 371 g/mol. The SMILES string of the molecule is CC(=O)c1cccc(N2C(=O)/C(=C(\C)c3ccc(F)cc3)SC2=S)c1. The van der Waals surface area contributed by atoms with Crippen LogP contribution in [0.2, 0.25) is 0 Å². The van der Waals surface area contributed by atoms with Crippen molar-refractivity contribution in [2.45, 2.75) is 13.8 Å². The van der Waals surface area contributed by atoms with Gasteiger partial charge in [-0.05, 0) is 49.2 Å². The Bertz CT molecular complexity index is 919. The molecule has 0 aliphatic carbocycles. The summed E-state index contributed by atoms with van der Waals surface area (Å²) in [6.07, 6.45) is 0. The molecule has 0 atom stereocenters. The average molecular weight is 371 g/mol. The van der Waals surface area contributed by atoms with Gasteiger partial charge in [-0.25, -0.2) is 4.39 Å². The van der Waals surface area contributed by atoms with Gasteiger partial charge in [0.1, 0.15) is 5.82 Å². The van der Waals surface area contributed by atoms with Crippen molar-refractivity contribution >= 4 is 51.3 Å². The van der Waals surface area contributed by atoms with Gasteiger partial charge >= 0.3 is 0 Å². The first-order valence-electron chi connectivity index (χ1n) is 7.52. The van der Waals surface area contributed by atoms with Gasteiger partial charge in [-0.3, -0.25) is 14.5 Å². The number of nitrogens with zero attached hydrogens (tertiary/aromatic N) is 1. The van der Waals surface area contributed by atoms with Crippen molar-refractivity contribution in [3.63, 3.8) is 0 Å². The third-order valence-corrected chi connectivity index (χ3v) is 5.37. The molecule has 1 amide bonds. The molecule has 1 fully saturated rings. The fourth-order valence-electron chi connectivity index (χ4n) is 2.52. The van der Waals surface area contributed by atoms with Gasteiger partial charge in [0, 0.05) is 5.56 Å². The Hall–Kier alpha value is -2.31. The quantitative estimate of drug-likeness (QED) is 0.440. The zero-order valence-corrected chi connectivity index (χ0v) is 15.2. The first kappa shape index (κ1) is 17.5. The van der Waals surface area contributed by atoms with Crippen molar-refractivity contribution in [2.24, 2.45) is 0 Å². The lowest BCUT2D eigenvalue weighted by Crippen LogP contribution is -2.27. The Morgan fingerprint density at radius 1 is 1.08 bits per heavy atom. The summed E-state index contributed by atoms with van der Waals surface area (Å²) in [5, 5.41) is 0. The Morgan fingerprint density at radius 2 is 1.76 bits per heavy atom. The van der Waals surface area contributed by atoms with Crippen LogP contribution in [-0.4, -0.2) is 16.0 Å². The van der Waals surface area contributed by atoms with Crippen LogP contribution in [0, 0.1) is 5.82 Å². The molecule has 1 heterocycles. The smallest absolute Gasteiger partial charge is 0.271 e. The van der Waals surface area contributed by atoms with E-state index < -0.39 is 0 Å². The maximum absolute atomic E-state index is 13.1. The maximum Gasteiger partial charge on any atom is 0.271 e. The zero-order chi connectivity index (χ0) is 18.1. The van der Waals surface area contributed by atoms with Crippen LogP contribution in [0.4, 0.5) is 10.1 Å². The summed E-state index contributed by atoms with van der Waals surface area (Å²) < 4.78 is 13.5. The summed E-state index contributed by atoms with van der Waals surface area (Å²) in [4.78, 5) is 26.4. The summed E-state index contributed by atoms with van der Waals surface area (Å²) in [6.45, 7) is 3.29. The number of hydrogen-bond acceptors (Lipinski definition) is 4. The highest BCUT2D eigenvalue weighted by Gasteiger charge is 2.35. The number of thiocarbonyl (C=S) groups is 1. The largest absolute Gasteiger partial charge is 0.295 e. The number of amides is 1. The standard InChI is InChI=1S/C19H14FNO2S2/c1-11(13-6-8-15(20)9-7-13)17-18(23)21(19(24)25-17)16-5-3-4-14(10-16)12(2)22/h3-10H,1-2H3/b17-11-. The van der Waals surface area contributed by atoms with Crippen LogP contribution in [-0.2, 0) is 4.79 Å². The number of ketones is 1. The number of allylic oxidation sites excluding steroid dienone is 1. The van der Waals surface area contributed by atoms with Crippen molar-refractivity contribution in [1.29, 1.82) is 0 Å². The van der Waals surface area contributed by atoms with E-state index >= 15 is 0 Å². The number of hydrogen-bond donors (Lipinski definition) is 0. The van der Waals surface area contributed by atoms with Gasteiger partial charge in [0.2, 0.25) is 0 Å². The van der Waals surface area contributed by atoms with E-state index in [4.69, 9.17) is 12.2 Å². The lowest BCUT2D eigenvalue weighted by molar-refractivity contribution is -0.113. The van der Waals surface area contributed by atoms with Gasteiger partial charge in [0.25, 0.3) is 5.91 Å². The highest BCUT2D eigenvalue weighted by Crippen LogP contribution is 2.39. The van der Waals surface area contributed by atoms with Crippen molar-refractivity contribution in [1.82, 2.24) is 0 Å². The molecule has 1 saturated heterocycles. The van der Waals surface area contributed by atoms with E-state index in [9.17, 15) is 14.0 Å². The number of thioether (sulfide) groups is 1. The number of carbonyl (C=O) groups excluding carboxylic acids is 2. The van der Waals surface area contributed by atoms with Crippen molar-refractivity contribution < 1.29 is 14.0 Å². The molecule has 3 nitrogen and oxygen atoms in total. The predicted molar refractivity (Wildman–Crippen MR) is 103 cm³/mol. The number of halogens is 1. The summed E-state index contributed by atoms with van der Waals surface area (Å²) in [7, 11) is 0. The number of carbonyl (C=O) groups is 2. The fourth-order valence-corrected chi connectivity index (χ4v) is 3.86. The minimum atomic E-state index is -0.329. The molecule has 0 radical (unpaired) electrons. The minimum absolute atomic E-state index is 0.0784. The van der Waals surface area contributed by atoms with E-state index in [0.29, 0.717) is 20.5 Å². The van der Waals surface area contributed by atoms with E-state index in [-0.39, 0.29) is 17.5 Å². The van der Waals surface area contributed by atoms with Crippen LogP contribution in [0.5, 0.6) is 0 Å².